The van der Waals surface area contributed by atoms with E-state index in [0.29, 0.717) is 13.0 Å². The lowest BCUT2D eigenvalue weighted by molar-refractivity contribution is -0.146. The van der Waals surface area contributed by atoms with E-state index in [1.807, 2.05) is 0 Å². The average Bonchev–Trinajstić information content (AvgIpc) is 2.01. The van der Waals surface area contributed by atoms with Crippen LogP contribution in [0.4, 0.5) is 0 Å². The first kappa shape index (κ1) is 11.9. The molecule has 0 aliphatic carbocycles. The van der Waals surface area contributed by atoms with E-state index in [-0.39, 0.29) is 24.5 Å². The summed E-state index contributed by atoms with van der Waals surface area (Å²) in [5.74, 6) is -0.447. The molecule has 0 aromatic heterocycles. The van der Waals surface area contributed by atoms with E-state index in [1.54, 1.807) is 0 Å². The highest BCUT2D eigenvalue weighted by Crippen LogP contribution is 1.95. The molecule has 0 aliphatic heterocycles. The maximum Gasteiger partial charge on any atom is 0.302 e. The van der Waals surface area contributed by atoms with E-state index in [0.717, 1.165) is 0 Å². The van der Waals surface area contributed by atoms with E-state index in [4.69, 9.17) is 10.5 Å². The molecule has 0 fully saturated rings. The SMILES string of the molecule is CC(=O)NCCC(CN)OC(C)=O. The maximum absolute atomic E-state index is 10.5. The van der Waals surface area contributed by atoms with Gasteiger partial charge in [0.25, 0.3) is 0 Å². The Labute approximate surface area is 77.6 Å². The lowest BCUT2D eigenvalue weighted by Gasteiger charge is -2.14. The Morgan fingerprint density at radius 2 is 2.08 bits per heavy atom. The first-order valence-electron chi connectivity index (χ1n) is 4.18. The molecule has 0 aromatic rings. The number of nitrogens with two attached hydrogens (primary N) is 1. The van der Waals surface area contributed by atoms with Crippen LogP contribution in [0.15, 0.2) is 0 Å². The molecule has 13 heavy (non-hydrogen) atoms. The lowest BCUT2D eigenvalue weighted by atomic mass is 10.2. The molecule has 0 radical (unpaired) electrons. The van der Waals surface area contributed by atoms with Gasteiger partial charge in [0, 0.05) is 33.4 Å². The van der Waals surface area contributed by atoms with Crippen LogP contribution >= 0.6 is 0 Å². The minimum atomic E-state index is -0.349. The number of carbonyl (C=O) groups is 2. The fraction of sp³-hybridized carbons (Fsp3) is 0.750. The summed E-state index contributed by atoms with van der Waals surface area (Å²) in [4.78, 5) is 21.0. The molecule has 0 saturated heterocycles. The van der Waals surface area contributed by atoms with Crippen LogP contribution in [0.3, 0.4) is 0 Å². The summed E-state index contributed by atoms with van der Waals surface area (Å²) in [6.45, 7) is 3.52. The summed E-state index contributed by atoms with van der Waals surface area (Å²) < 4.78 is 4.87. The van der Waals surface area contributed by atoms with Crippen LogP contribution in [0.2, 0.25) is 0 Å². The number of carbonyl (C=O) groups excluding carboxylic acids is 2. The van der Waals surface area contributed by atoms with Gasteiger partial charge < -0.3 is 15.8 Å². The number of hydrogen-bond acceptors (Lipinski definition) is 4. The van der Waals surface area contributed by atoms with E-state index >= 15 is 0 Å². The molecule has 0 aromatic carbocycles. The Morgan fingerprint density at radius 3 is 2.46 bits per heavy atom. The van der Waals surface area contributed by atoms with Crippen molar-refractivity contribution in [3.05, 3.63) is 0 Å². The van der Waals surface area contributed by atoms with Crippen molar-refractivity contribution in [2.24, 2.45) is 5.73 Å². The molecule has 0 bridgehead atoms. The number of amides is 1. The highest BCUT2D eigenvalue weighted by Gasteiger charge is 2.09. The normalized spacial score (nSPS) is 11.9. The molecule has 5 nitrogen and oxygen atoms in total. The molecule has 0 heterocycles. The average molecular weight is 188 g/mol. The van der Waals surface area contributed by atoms with Crippen LogP contribution in [-0.4, -0.2) is 31.1 Å². The van der Waals surface area contributed by atoms with Gasteiger partial charge in [-0.3, -0.25) is 9.59 Å². The van der Waals surface area contributed by atoms with Gasteiger partial charge in [0.05, 0.1) is 0 Å². The highest BCUT2D eigenvalue weighted by molar-refractivity contribution is 5.72. The third-order valence-electron chi connectivity index (χ3n) is 1.44. The van der Waals surface area contributed by atoms with Crippen molar-refractivity contribution in [1.29, 1.82) is 0 Å². The fourth-order valence-electron chi connectivity index (χ4n) is 0.869. The van der Waals surface area contributed by atoms with Crippen LogP contribution in [-0.2, 0) is 14.3 Å². The second-order valence-electron chi connectivity index (χ2n) is 2.74. The fourth-order valence-corrected chi connectivity index (χ4v) is 0.869. The van der Waals surface area contributed by atoms with E-state index in [1.165, 1.54) is 13.8 Å². The predicted molar refractivity (Wildman–Crippen MR) is 47.9 cm³/mol. The summed E-state index contributed by atoms with van der Waals surface area (Å²) in [7, 11) is 0. The van der Waals surface area contributed by atoms with Crippen molar-refractivity contribution >= 4 is 11.9 Å². The van der Waals surface area contributed by atoms with Gasteiger partial charge >= 0.3 is 5.97 Å². The van der Waals surface area contributed by atoms with Crippen molar-refractivity contribution in [2.75, 3.05) is 13.1 Å². The zero-order chi connectivity index (χ0) is 10.3. The third-order valence-corrected chi connectivity index (χ3v) is 1.44. The van der Waals surface area contributed by atoms with Gasteiger partial charge in [-0.1, -0.05) is 0 Å². The second kappa shape index (κ2) is 6.42. The summed E-state index contributed by atoms with van der Waals surface area (Å²) in [6, 6.07) is 0. The quantitative estimate of drug-likeness (QED) is 0.565. The summed E-state index contributed by atoms with van der Waals surface area (Å²) in [5.41, 5.74) is 5.35. The summed E-state index contributed by atoms with van der Waals surface area (Å²) in [6.07, 6.45) is 0.250. The van der Waals surface area contributed by atoms with Gasteiger partial charge in [0.15, 0.2) is 0 Å². The van der Waals surface area contributed by atoms with E-state index in [2.05, 4.69) is 5.32 Å². The largest absolute Gasteiger partial charge is 0.461 e. The minimum Gasteiger partial charge on any atom is -0.461 e. The zero-order valence-corrected chi connectivity index (χ0v) is 8.00. The smallest absolute Gasteiger partial charge is 0.302 e. The van der Waals surface area contributed by atoms with Gasteiger partial charge in [-0.05, 0) is 0 Å². The zero-order valence-electron chi connectivity index (χ0n) is 8.00. The molecule has 1 atom stereocenters. The number of hydrogen-bond donors (Lipinski definition) is 2. The molecule has 0 aliphatic rings. The van der Waals surface area contributed by atoms with Gasteiger partial charge in [-0.25, -0.2) is 0 Å². The van der Waals surface area contributed by atoms with Crippen LogP contribution < -0.4 is 11.1 Å². The number of ether oxygens (including phenoxy) is 1. The van der Waals surface area contributed by atoms with Crippen molar-refractivity contribution in [2.45, 2.75) is 26.4 Å². The van der Waals surface area contributed by atoms with Gasteiger partial charge in [0.2, 0.25) is 5.91 Å². The predicted octanol–water partition coefficient (Wildman–Crippen LogP) is -0.597. The third kappa shape index (κ3) is 7.27. The first-order valence-corrected chi connectivity index (χ1v) is 4.18. The molecule has 1 unspecified atom stereocenters. The molecule has 0 saturated carbocycles. The van der Waals surface area contributed by atoms with Crippen LogP contribution in [0.25, 0.3) is 0 Å². The van der Waals surface area contributed by atoms with Gasteiger partial charge in [0.1, 0.15) is 6.10 Å². The number of esters is 1. The topological polar surface area (TPSA) is 81.4 Å². The Morgan fingerprint density at radius 1 is 1.46 bits per heavy atom. The van der Waals surface area contributed by atoms with Crippen molar-refractivity contribution in [3.63, 3.8) is 0 Å². The maximum atomic E-state index is 10.5. The van der Waals surface area contributed by atoms with Crippen molar-refractivity contribution in [3.8, 4) is 0 Å². The molecule has 3 N–H and O–H groups in total. The summed E-state index contributed by atoms with van der Waals surface area (Å²) in [5, 5.41) is 2.60. The van der Waals surface area contributed by atoms with Gasteiger partial charge in [-0.2, -0.15) is 0 Å². The van der Waals surface area contributed by atoms with Crippen LogP contribution in [0.1, 0.15) is 20.3 Å². The van der Waals surface area contributed by atoms with E-state index in [9.17, 15) is 9.59 Å². The van der Waals surface area contributed by atoms with E-state index < -0.39 is 0 Å². The molecular formula is C8H16N2O3. The second-order valence-corrected chi connectivity index (χ2v) is 2.74. The lowest BCUT2D eigenvalue weighted by Crippen LogP contribution is -2.31. The van der Waals surface area contributed by atoms with Crippen LogP contribution in [0.5, 0.6) is 0 Å². The monoisotopic (exact) mass is 188 g/mol. The van der Waals surface area contributed by atoms with Crippen LogP contribution in [0, 0.1) is 0 Å². The standard InChI is InChI=1S/C8H16N2O3/c1-6(11)10-4-3-8(5-9)13-7(2)12/h8H,3-5,9H2,1-2H3,(H,10,11). The number of rotatable bonds is 5. The molecule has 76 valence electrons. The molecule has 0 spiro atoms. The molecular weight excluding hydrogens is 172 g/mol. The van der Waals surface area contributed by atoms with Crippen molar-refractivity contribution < 1.29 is 14.3 Å². The molecule has 1 amide bonds. The Balaban J connectivity index is 3.59. The van der Waals surface area contributed by atoms with Crippen molar-refractivity contribution in [1.82, 2.24) is 5.32 Å². The first-order chi connectivity index (χ1) is 6.06. The molecule has 0 rings (SSSR count). The Kier molecular flexibility index (Phi) is 5.88. The molecule has 5 heteroatoms. The Hall–Kier alpha value is -1.10. The Bertz CT molecular complexity index is 182. The number of nitrogens with one attached hydrogen (secondary N) is 1. The summed E-state index contributed by atoms with van der Waals surface area (Å²) >= 11 is 0. The van der Waals surface area contributed by atoms with Gasteiger partial charge in [-0.15, -0.1) is 0 Å². The highest BCUT2D eigenvalue weighted by atomic mass is 16.5. The minimum absolute atomic E-state index is 0.0985.